The highest BCUT2D eigenvalue weighted by Gasteiger charge is 2.51. The first-order valence-electron chi connectivity index (χ1n) is 7.70. The van der Waals surface area contributed by atoms with Crippen LogP contribution in [0.4, 0.5) is 0 Å². The summed E-state index contributed by atoms with van der Waals surface area (Å²) < 4.78 is 1.06. The number of rotatable bonds is 4. The van der Waals surface area contributed by atoms with Gasteiger partial charge in [-0.05, 0) is 37.9 Å². The number of carbonyl (C=O) groups is 4. The van der Waals surface area contributed by atoms with Gasteiger partial charge >= 0.3 is 0 Å². The average Bonchev–Trinajstić information content (AvgIpc) is 2.81. The molecule has 1 aromatic carbocycles. The van der Waals surface area contributed by atoms with Crippen molar-refractivity contribution in [3.8, 4) is 0 Å². The molecular weight excluding hydrogens is 342 g/mol. The molecule has 0 aliphatic carbocycles. The predicted octanol–water partition coefficient (Wildman–Crippen LogP) is 1.53. The molecule has 25 heavy (non-hydrogen) atoms. The number of β-lactam (4-membered cyclic amide) rings is 1. The quantitative estimate of drug-likeness (QED) is 0.500. The van der Waals surface area contributed by atoms with Crippen LogP contribution in [-0.4, -0.2) is 44.2 Å². The third-order valence-corrected chi connectivity index (χ3v) is 5.06. The van der Waals surface area contributed by atoms with Crippen molar-refractivity contribution >= 4 is 35.6 Å². The first-order chi connectivity index (χ1) is 11.8. The molecule has 0 spiro atoms. The summed E-state index contributed by atoms with van der Waals surface area (Å²) in [7, 11) is 0. The molecule has 3 rings (SSSR count). The van der Waals surface area contributed by atoms with Crippen LogP contribution in [0.1, 0.15) is 41.5 Å². The van der Waals surface area contributed by atoms with E-state index in [2.05, 4.69) is 5.32 Å². The standard InChI is InChI=1S/C17H17N3O4S/c1-9(2)8-19-16(24)13(18-10(3)21)17(19)25-20-14(22)11-6-4-5-7-12(11)15(20)23/h4-8,13,17H,1-3H3,(H,18,21). The summed E-state index contributed by atoms with van der Waals surface area (Å²) in [6.07, 6.45) is 1.65. The van der Waals surface area contributed by atoms with Crippen molar-refractivity contribution in [1.29, 1.82) is 0 Å². The fraction of sp³-hybridized carbons (Fsp3) is 0.294. The molecule has 0 radical (unpaired) electrons. The van der Waals surface area contributed by atoms with Crippen LogP contribution in [0.15, 0.2) is 36.0 Å². The number of imide groups is 1. The number of benzene rings is 1. The van der Waals surface area contributed by atoms with E-state index in [-0.39, 0.29) is 11.8 Å². The van der Waals surface area contributed by atoms with Gasteiger partial charge in [0.2, 0.25) is 5.91 Å². The molecular formula is C17H17N3O4S. The minimum Gasteiger partial charge on any atom is -0.342 e. The van der Waals surface area contributed by atoms with Crippen molar-refractivity contribution in [2.45, 2.75) is 32.2 Å². The summed E-state index contributed by atoms with van der Waals surface area (Å²) in [5, 5.41) is 2.02. The van der Waals surface area contributed by atoms with Crippen molar-refractivity contribution in [2.24, 2.45) is 0 Å². The molecule has 2 aliphatic heterocycles. The highest BCUT2D eigenvalue weighted by Crippen LogP contribution is 2.37. The van der Waals surface area contributed by atoms with E-state index in [4.69, 9.17) is 0 Å². The van der Waals surface area contributed by atoms with Gasteiger partial charge in [0.25, 0.3) is 17.7 Å². The van der Waals surface area contributed by atoms with Gasteiger partial charge in [-0.2, -0.15) is 0 Å². The van der Waals surface area contributed by atoms with E-state index in [0.29, 0.717) is 11.1 Å². The summed E-state index contributed by atoms with van der Waals surface area (Å²) in [5.74, 6) is -1.44. The zero-order chi connectivity index (χ0) is 18.3. The van der Waals surface area contributed by atoms with E-state index in [9.17, 15) is 19.2 Å². The van der Waals surface area contributed by atoms with Crippen LogP contribution in [0.5, 0.6) is 0 Å². The van der Waals surface area contributed by atoms with Crippen LogP contribution >= 0.6 is 11.9 Å². The number of hydrogen-bond donors (Lipinski definition) is 1. The fourth-order valence-electron chi connectivity index (χ4n) is 2.74. The molecule has 4 amide bonds. The Kier molecular flexibility index (Phi) is 4.38. The summed E-state index contributed by atoms with van der Waals surface area (Å²) in [4.78, 5) is 50.1. The number of fused-ring (bicyclic) bond motifs is 1. The average molecular weight is 359 g/mol. The number of hydrogen-bond acceptors (Lipinski definition) is 5. The predicted molar refractivity (Wildman–Crippen MR) is 92.2 cm³/mol. The lowest BCUT2D eigenvalue weighted by Crippen LogP contribution is -2.68. The number of nitrogens with one attached hydrogen (secondary N) is 1. The van der Waals surface area contributed by atoms with Crippen LogP contribution in [0, 0.1) is 0 Å². The monoisotopic (exact) mass is 359 g/mol. The molecule has 2 aliphatic rings. The molecule has 1 saturated heterocycles. The largest absolute Gasteiger partial charge is 0.342 e. The minimum absolute atomic E-state index is 0.273. The van der Waals surface area contributed by atoms with E-state index >= 15 is 0 Å². The van der Waals surface area contributed by atoms with Gasteiger partial charge in [-0.15, -0.1) is 0 Å². The summed E-state index contributed by atoms with van der Waals surface area (Å²) >= 11 is 0.951. The van der Waals surface area contributed by atoms with Crippen molar-refractivity contribution in [3.63, 3.8) is 0 Å². The minimum atomic E-state index is -0.776. The van der Waals surface area contributed by atoms with Gasteiger partial charge in [0.15, 0.2) is 0 Å². The maximum absolute atomic E-state index is 12.5. The molecule has 1 fully saturated rings. The van der Waals surface area contributed by atoms with Crippen LogP contribution in [-0.2, 0) is 9.59 Å². The topological polar surface area (TPSA) is 86.8 Å². The second kappa shape index (κ2) is 6.36. The molecule has 0 saturated carbocycles. The third-order valence-electron chi connectivity index (χ3n) is 3.81. The molecule has 130 valence electrons. The van der Waals surface area contributed by atoms with Crippen LogP contribution in [0.3, 0.4) is 0 Å². The first kappa shape index (κ1) is 17.2. The molecule has 0 aromatic heterocycles. The fourth-order valence-corrected chi connectivity index (χ4v) is 3.91. The molecule has 2 heterocycles. The number of likely N-dealkylation sites (tertiary alicyclic amines) is 1. The van der Waals surface area contributed by atoms with E-state index in [1.165, 1.54) is 11.8 Å². The smallest absolute Gasteiger partial charge is 0.271 e. The Bertz CT molecular complexity index is 781. The number of carbonyl (C=O) groups excluding carboxylic acids is 4. The first-order valence-corrected chi connectivity index (χ1v) is 8.54. The van der Waals surface area contributed by atoms with Crippen molar-refractivity contribution in [3.05, 3.63) is 47.2 Å². The zero-order valence-electron chi connectivity index (χ0n) is 14.0. The maximum Gasteiger partial charge on any atom is 0.271 e. The van der Waals surface area contributed by atoms with Gasteiger partial charge in [0, 0.05) is 13.1 Å². The van der Waals surface area contributed by atoms with Crippen LogP contribution in [0.25, 0.3) is 0 Å². The number of amides is 4. The number of allylic oxidation sites excluding steroid dienone is 1. The Morgan fingerprint density at radius 2 is 1.64 bits per heavy atom. The Morgan fingerprint density at radius 3 is 2.12 bits per heavy atom. The highest BCUT2D eigenvalue weighted by atomic mass is 32.2. The SMILES string of the molecule is CC(=O)NC1C(=O)N(C=C(C)C)C1SN1C(=O)c2ccccc2C1=O. The van der Waals surface area contributed by atoms with Gasteiger partial charge in [0.05, 0.1) is 11.1 Å². The Morgan fingerprint density at radius 1 is 1.08 bits per heavy atom. The van der Waals surface area contributed by atoms with Crippen molar-refractivity contribution in [2.75, 3.05) is 0 Å². The summed E-state index contributed by atoms with van der Waals surface area (Å²) in [5.41, 5.74) is 1.58. The maximum atomic E-state index is 12.5. The Labute approximate surface area is 149 Å². The lowest BCUT2D eigenvalue weighted by atomic mass is 10.1. The normalized spacial score (nSPS) is 21.8. The van der Waals surface area contributed by atoms with Gasteiger partial charge in [0.1, 0.15) is 11.4 Å². The second-order valence-corrected chi connectivity index (χ2v) is 7.14. The molecule has 2 unspecified atom stereocenters. The molecule has 0 bridgehead atoms. The van der Waals surface area contributed by atoms with E-state index in [0.717, 1.165) is 21.8 Å². The van der Waals surface area contributed by atoms with Gasteiger partial charge < -0.3 is 10.2 Å². The van der Waals surface area contributed by atoms with Crippen LogP contribution < -0.4 is 5.32 Å². The van der Waals surface area contributed by atoms with E-state index in [1.807, 2.05) is 13.8 Å². The lowest BCUT2D eigenvalue weighted by molar-refractivity contribution is -0.144. The van der Waals surface area contributed by atoms with Crippen LogP contribution in [0.2, 0.25) is 0 Å². The second-order valence-electron chi connectivity index (χ2n) is 6.08. The van der Waals surface area contributed by atoms with Crippen molar-refractivity contribution in [1.82, 2.24) is 14.5 Å². The lowest BCUT2D eigenvalue weighted by Gasteiger charge is -2.45. The van der Waals surface area contributed by atoms with E-state index in [1.54, 1.807) is 30.5 Å². The molecule has 1 N–H and O–H groups in total. The number of nitrogens with zero attached hydrogens (tertiary/aromatic N) is 2. The Hall–Kier alpha value is -2.61. The van der Waals surface area contributed by atoms with Gasteiger partial charge in [-0.1, -0.05) is 17.7 Å². The Balaban J connectivity index is 1.85. The molecule has 7 nitrogen and oxygen atoms in total. The van der Waals surface area contributed by atoms with Gasteiger partial charge in [-0.25, -0.2) is 4.31 Å². The molecule has 8 heteroatoms. The highest BCUT2D eigenvalue weighted by molar-refractivity contribution is 7.98. The zero-order valence-corrected chi connectivity index (χ0v) is 14.8. The molecule has 2 atom stereocenters. The van der Waals surface area contributed by atoms with Crippen molar-refractivity contribution < 1.29 is 19.2 Å². The third kappa shape index (κ3) is 2.93. The summed E-state index contributed by atoms with van der Waals surface area (Å²) in [6.45, 7) is 4.99. The molecule has 1 aromatic rings. The summed E-state index contributed by atoms with van der Waals surface area (Å²) in [6, 6.07) is 5.81. The van der Waals surface area contributed by atoms with Gasteiger partial charge in [-0.3, -0.25) is 19.2 Å². The van der Waals surface area contributed by atoms with E-state index < -0.39 is 23.2 Å².